The van der Waals surface area contributed by atoms with Crippen molar-refractivity contribution in [3.63, 3.8) is 0 Å². The molecule has 1 aliphatic carbocycles. The van der Waals surface area contributed by atoms with Crippen molar-refractivity contribution in [2.45, 2.75) is 33.1 Å². The van der Waals surface area contributed by atoms with E-state index in [2.05, 4.69) is 56.3 Å². The Morgan fingerprint density at radius 1 is 0.950 bits per heavy atom. The molecule has 0 atom stereocenters. The molecule has 0 unspecified atom stereocenters. The van der Waals surface area contributed by atoms with Gasteiger partial charge in [-0.05, 0) is 54.5 Å². The van der Waals surface area contributed by atoms with Crippen molar-refractivity contribution in [3.05, 3.63) is 70.3 Å². The third-order valence-corrected chi connectivity index (χ3v) is 4.50. The number of Topliss-reactive ketones (excluding diaryl/α,β-unsaturated/α-hetero) is 1. The molecule has 0 fully saturated rings. The number of aryl methyl sites for hydroxylation is 2. The van der Waals surface area contributed by atoms with Gasteiger partial charge in [-0.2, -0.15) is 0 Å². The van der Waals surface area contributed by atoms with E-state index in [1.165, 1.54) is 27.8 Å². The molecule has 0 saturated heterocycles. The lowest BCUT2D eigenvalue weighted by molar-refractivity contribution is -0.121. The van der Waals surface area contributed by atoms with Gasteiger partial charge in [0.05, 0.1) is 0 Å². The van der Waals surface area contributed by atoms with E-state index in [1.54, 1.807) is 0 Å². The van der Waals surface area contributed by atoms with E-state index < -0.39 is 0 Å². The highest BCUT2D eigenvalue weighted by Gasteiger charge is 2.27. The van der Waals surface area contributed by atoms with E-state index in [1.807, 2.05) is 0 Å². The normalized spacial score (nSPS) is 14.3. The number of ketones is 1. The Bertz CT molecular complexity index is 609. The van der Waals surface area contributed by atoms with Crippen molar-refractivity contribution in [1.82, 2.24) is 0 Å². The van der Waals surface area contributed by atoms with Gasteiger partial charge in [0.1, 0.15) is 5.78 Å². The third kappa shape index (κ3) is 2.40. The predicted molar refractivity (Wildman–Crippen MR) is 82.0 cm³/mol. The quantitative estimate of drug-likeness (QED) is 0.823. The Morgan fingerprint density at radius 3 is 2.05 bits per heavy atom. The fourth-order valence-corrected chi connectivity index (χ4v) is 3.23. The summed E-state index contributed by atoms with van der Waals surface area (Å²) in [6, 6.07) is 14.7. The zero-order valence-corrected chi connectivity index (χ0v) is 12.1. The smallest absolute Gasteiger partial charge is 0.141 e. The summed E-state index contributed by atoms with van der Waals surface area (Å²) < 4.78 is 0. The van der Waals surface area contributed by atoms with E-state index in [4.69, 9.17) is 0 Å². The van der Waals surface area contributed by atoms with Gasteiger partial charge >= 0.3 is 0 Å². The molecule has 0 aromatic heterocycles. The van der Waals surface area contributed by atoms with Crippen LogP contribution in [-0.2, 0) is 24.1 Å². The lowest BCUT2D eigenvalue weighted by Crippen LogP contribution is -2.18. The summed E-state index contributed by atoms with van der Waals surface area (Å²) in [7, 11) is 0. The van der Waals surface area contributed by atoms with Crippen LogP contribution in [0, 0.1) is 19.8 Å². The van der Waals surface area contributed by atoms with Gasteiger partial charge in [0.2, 0.25) is 0 Å². The highest BCUT2D eigenvalue weighted by Crippen LogP contribution is 2.28. The number of carbonyl (C=O) groups excluding carboxylic acids is 1. The number of benzene rings is 2. The summed E-state index contributed by atoms with van der Waals surface area (Å²) in [4.78, 5) is 12.6. The maximum Gasteiger partial charge on any atom is 0.141 e. The van der Waals surface area contributed by atoms with Crippen molar-refractivity contribution in [2.24, 2.45) is 5.92 Å². The molecule has 1 aliphatic rings. The Morgan fingerprint density at radius 2 is 1.50 bits per heavy atom. The van der Waals surface area contributed by atoms with Gasteiger partial charge in [-0.25, -0.2) is 0 Å². The summed E-state index contributed by atoms with van der Waals surface area (Å²) in [5.41, 5.74) is 6.39. The minimum Gasteiger partial charge on any atom is -0.299 e. The maximum absolute atomic E-state index is 12.6. The zero-order valence-electron chi connectivity index (χ0n) is 12.1. The number of hydrogen-bond acceptors (Lipinski definition) is 1. The Balaban J connectivity index is 1.76. The van der Waals surface area contributed by atoms with Crippen molar-refractivity contribution in [3.8, 4) is 0 Å². The van der Waals surface area contributed by atoms with Gasteiger partial charge in [0, 0.05) is 12.3 Å². The summed E-state index contributed by atoms with van der Waals surface area (Å²) in [6.45, 7) is 4.19. The molecule has 1 nitrogen and oxygen atoms in total. The van der Waals surface area contributed by atoms with Gasteiger partial charge in [-0.15, -0.1) is 0 Å². The number of rotatable bonds is 3. The molecular weight excluding hydrogens is 244 g/mol. The van der Waals surface area contributed by atoms with Gasteiger partial charge in [-0.3, -0.25) is 4.79 Å². The SMILES string of the molecule is Cc1cccc(C)c1CC(=O)C1Cc2ccccc2C1. The molecule has 0 aliphatic heterocycles. The Hall–Kier alpha value is -1.89. The summed E-state index contributed by atoms with van der Waals surface area (Å²) in [6.07, 6.45) is 2.41. The van der Waals surface area contributed by atoms with E-state index in [0.717, 1.165) is 12.8 Å². The van der Waals surface area contributed by atoms with E-state index >= 15 is 0 Å². The van der Waals surface area contributed by atoms with Crippen molar-refractivity contribution in [2.75, 3.05) is 0 Å². The monoisotopic (exact) mass is 264 g/mol. The molecule has 2 aromatic rings. The van der Waals surface area contributed by atoms with Crippen LogP contribution >= 0.6 is 0 Å². The number of hydrogen-bond donors (Lipinski definition) is 0. The first-order chi connectivity index (χ1) is 9.65. The van der Waals surface area contributed by atoms with Crippen LogP contribution in [0.3, 0.4) is 0 Å². The van der Waals surface area contributed by atoms with Crippen LogP contribution in [0.4, 0.5) is 0 Å². The van der Waals surface area contributed by atoms with Crippen molar-refractivity contribution in [1.29, 1.82) is 0 Å². The highest BCUT2D eigenvalue weighted by molar-refractivity contribution is 5.85. The van der Waals surface area contributed by atoms with Crippen LogP contribution in [-0.4, -0.2) is 5.78 Å². The standard InChI is InChI=1S/C19H20O/c1-13-6-5-7-14(2)18(13)12-19(20)17-10-15-8-3-4-9-16(15)11-17/h3-9,17H,10-12H2,1-2H3. The zero-order chi connectivity index (χ0) is 14.1. The molecule has 20 heavy (non-hydrogen) atoms. The highest BCUT2D eigenvalue weighted by atomic mass is 16.1. The molecule has 0 N–H and O–H groups in total. The topological polar surface area (TPSA) is 17.1 Å². The lowest BCUT2D eigenvalue weighted by atomic mass is 9.91. The molecule has 102 valence electrons. The average molecular weight is 264 g/mol. The third-order valence-electron chi connectivity index (χ3n) is 4.50. The first kappa shape index (κ1) is 13.1. The van der Waals surface area contributed by atoms with Crippen LogP contribution < -0.4 is 0 Å². The minimum absolute atomic E-state index is 0.173. The second-order valence-corrected chi connectivity index (χ2v) is 5.89. The second kappa shape index (κ2) is 5.24. The Kier molecular flexibility index (Phi) is 3.43. The largest absolute Gasteiger partial charge is 0.299 e. The van der Waals surface area contributed by atoms with Crippen molar-refractivity contribution < 1.29 is 4.79 Å². The van der Waals surface area contributed by atoms with Gasteiger partial charge in [-0.1, -0.05) is 42.5 Å². The molecule has 3 rings (SSSR count). The maximum atomic E-state index is 12.6. The van der Waals surface area contributed by atoms with Crippen LogP contribution in [0.2, 0.25) is 0 Å². The first-order valence-electron chi connectivity index (χ1n) is 7.29. The fraction of sp³-hybridized carbons (Fsp3) is 0.316. The molecular formula is C19H20O. The first-order valence-corrected chi connectivity index (χ1v) is 7.29. The second-order valence-electron chi connectivity index (χ2n) is 5.89. The van der Waals surface area contributed by atoms with Crippen molar-refractivity contribution >= 4 is 5.78 Å². The van der Waals surface area contributed by atoms with Crippen LogP contribution in [0.1, 0.15) is 27.8 Å². The average Bonchev–Trinajstić information content (AvgIpc) is 2.87. The fourth-order valence-electron chi connectivity index (χ4n) is 3.23. The minimum atomic E-state index is 0.173. The van der Waals surface area contributed by atoms with Gasteiger partial charge in [0.25, 0.3) is 0 Å². The van der Waals surface area contributed by atoms with Crippen LogP contribution in [0.5, 0.6) is 0 Å². The number of fused-ring (bicyclic) bond motifs is 1. The van der Waals surface area contributed by atoms with Gasteiger partial charge < -0.3 is 0 Å². The molecule has 1 heteroatoms. The molecule has 0 amide bonds. The molecule has 0 saturated carbocycles. The van der Waals surface area contributed by atoms with Gasteiger partial charge in [0.15, 0.2) is 0 Å². The van der Waals surface area contributed by atoms with Crippen LogP contribution in [0.25, 0.3) is 0 Å². The van der Waals surface area contributed by atoms with E-state index in [9.17, 15) is 4.79 Å². The number of carbonyl (C=O) groups is 1. The molecule has 0 bridgehead atoms. The summed E-state index contributed by atoms with van der Waals surface area (Å²) in [5, 5.41) is 0. The van der Waals surface area contributed by atoms with E-state index in [0.29, 0.717) is 12.2 Å². The molecule has 0 spiro atoms. The van der Waals surface area contributed by atoms with E-state index in [-0.39, 0.29) is 5.92 Å². The summed E-state index contributed by atoms with van der Waals surface area (Å²) in [5.74, 6) is 0.560. The lowest BCUT2D eigenvalue weighted by Gasteiger charge is -2.12. The summed E-state index contributed by atoms with van der Waals surface area (Å²) >= 11 is 0. The molecule has 2 aromatic carbocycles. The Labute approximate surface area is 120 Å². The molecule has 0 heterocycles. The predicted octanol–water partition coefficient (Wildman–Crippen LogP) is 3.83. The molecule has 0 radical (unpaired) electrons. The van der Waals surface area contributed by atoms with Crippen LogP contribution in [0.15, 0.2) is 42.5 Å².